The van der Waals surface area contributed by atoms with Crippen molar-refractivity contribution in [3.8, 4) is 0 Å². The van der Waals surface area contributed by atoms with E-state index >= 15 is 0 Å². The second kappa shape index (κ2) is 6.58. The fraction of sp³-hybridized carbons (Fsp3) is 0.769. The van der Waals surface area contributed by atoms with Gasteiger partial charge in [-0.25, -0.2) is 0 Å². The summed E-state index contributed by atoms with van der Waals surface area (Å²) in [5, 5.41) is 8.27. The number of aliphatic carboxylic acids is 1. The highest BCUT2D eigenvalue weighted by molar-refractivity contribution is 8.00. The van der Waals surface area contributed by atoms with Gasteiger partial charge in [-0.05, 0) is 12.8 Å². The van der Waals surface area contributed by atoms with Crippen LogP contribution in [0.4, 0.5) is 0 Å². The summed E-state index contributed by atoms with van der Waals surface area (Å²) in [6.45, 7) is 0. The average molecular weight is 300 g/mol. The van der Waals surface area contributed by atoms with E-state index in [0.29, 0.717) is 0 Å². The van der Waals surface area contributed by atoms with Gasteiger partial charge in [0.1, 0.15) is 6.04 Å². The minimum Gasteiger partial charge on any atom is -0.480 e. The lowest BCUT2D eigenvalue weighted by Gasteiger charge is -2.29. The van der Waals surface area contributed by atoms with Crippen LogP contribution in [-0.2, 0) is 14.4 Å². The number of rotatable bonds is 5. The van der Waals surface area contributed by atoms with Crippen molar-refractivity contribution in [2.75, 3.05) is 5.75 Å². The summed E-state index contributed by atoms with van der Waals surface area (Å²) in [5.41, 5.74) is 5.42. The minimum atomic E-state index is -1.08. The van der Waals surface area contributed by atoms with Crippen LogP contribution in [0.25, 0.3) is 0 Å². The third-order valence-corrected chi connectivity index (χ3v) is 5.20. The van der Waals surface area contributed by atoms with E-state index in [-0.39, 0.29) is 30.0 Å². The molecule has 0 aromatic carbocycles. The molecule has 3 N–H and O–H groups in total. The number of thioether (sulfide) groups is 1. The Morgan fingerprint density at radius 3 is 2.60 bits per heavy atom. The maximum Gasteiger partial charge on any atom is 0.321 e. The van der Waals surface area contributed by atoms with Crippen LogP contribution in [0.3, 0.4) is 0 Å². The number of carbonyl (C=O) groups is 3. The Morgan fingerprint density at radius 1 is 1.35 bits per heavy atom. The topological polar surface area (TPSA) is 101 Å². The predicted octanol–water partition coefficient (Wildman–Crippen LogP) is 0.592. The zero-order valence-electron chi connectivity index (χ0n) is 11.3. The molecule has 1 aliphatic carbocycles. The maximum absolute atomic E-state index is 12.3. The zero-order valence-corrected chi connectivity index (χ0v) is 12.1. The standard InChI is InChI=1S/C13H20N2O4S/c14-9(13(18)19)7-20-10-6-11(16)15(12(10)17)8-4-2-1-3-5-8/h8-10H,1-7,14H2,(H,18,19). The molecule has 0 aromatic rings. The molecule has 0 aromatic heterocycles. The van der Waals surface area contributed by atoms with Crippen LogP contribution >= 0.6 is 11.8 Å². The van der Waals surface area contributed by atoms with Gasteiger partial charge in [0.2, 0.25) is 11.8 Å². The van der Waals surface area contributed by atoms with Gasteiger partial charge >= 0.3 is 5.97 Å². The molecule has 2 fully saturated rings. The molecule has 2 aliphatic rings. The summed E-state index contributed by atoms with van der Waals surface area (Å²) in [6, 6.07) is -0.950. The van der Waals surface area contributed by atoms with Crippen molar-refractivity contribution in [2.24, 2.45) is 5.73 Å². The Kier molecular flexibility index (Phi) is 5.04. The number of imide groups is 1. The van der Waals surface area contributed by atoms with Crippen molar-refractivity contribution >= 4 is 29.5 Å². The third kappa shape index (κ3) is 3.32. The predicted molar refractivity (Wildman–Crippen MR) is 75.2 cm³/mol. The highest BCUT2D eigenvalue weighted by Gasteiger charge is 2.42. The Morgan fingerprint density at radius 2 is 2.00 bits per heavy atom. The van der Waals surface area contributed by atoms with Gasteiger partial charge in [-0.3, -0.25) is 19.3 Å². The molecule has 0 bridgehead atoms. The quantitative estimate of drug-likeness (QED) is 0.721. The first-order valence-corrected chi connectivity index (χ1v) is 8.01. The highest BCUT2D eigenvalue weighted by Crippen LogP contribution is 2.31. The van der Waals surface area contributed by atoms with Gasteiger partial charge in [-0.15, -0.1) is 11.8 Å². The number of likely N-dealkylation sites (tertiary alicyclic amines) is 1. The number of hydrogen-bond donors (Lipinski definition) is 2. The van der Waals surface area contributed by atoms with Gasteiger partial charge in [-0.1, -0.05) is 19.3 Å². The van der Waals surface area contributed by atoms with Crippen LogP contribution in [0.5, 0.6) is 0 Å². The summed E-state index contributed by atoms with van der Waals surface area (Å²) in [7, 11) is 0. The van der Waals surface area contributed by atoms with E-state index in [4.69, 9.17) is 10.8 Å². The number of nitrogens with zero attached hydrogens (tertiary/aromatic N) is 1. The number of carboxylic acid groups (broad SMARTS) is 1. The first-order valence-electron chi connectivity index (χ1n) is 6.96. The molecule has 6 nitrogen and oxygen atoms in total. The molecular weight excluding hydrogens is 280 g/mol. The number of amides is 2. The molecule has 112 valence electrons. The zero-order chi connectivity index (χ0) is 14.7. The maximum atomic E-state index is 12.3. The number of hydrogen-bond acceptors (Lipinski definition) is 5. The van der Waals surface area contributed by atoms with E-state index in [1.54, 1.807) is 0 Å². The van der Waals surface area contributed by atoms with E-state index in [9.17, 15) is 14.4 Å². The molecule has 7 heteroatoms. The summed E-state index contributed by atoms with van der Waals surface area (Å²) < 4.78 is 0. The minimum absolute atomic E-state index is 0.0440. The number of carboxylic acids is 1. The van der Waals surface area contributed by atoms with E-state index in [1.807, 2.05) is 0 Å². The van der Waals surface area contributed by atoms with Gasteiger partial charge in [0.15, 0.2) is 0 Å². The lowest BCUT2D eigenvalue weighted by atomic mass is 9.94. The molecule has 1 saturated heterocycles. The molecule has 1 heterocycles. The van der Waals surface area contributed by atoms with Crippen molar-refractivity contribution in [1.82, 2.24) is 4.90 Å². The SMILES string of the molecule is NC(CSC1CC(=O)N(C2CCCCC2)C1=O)C(=O)O. The van der Waals surface area contributed by atoms with Gasteiger partial charge in [0, 0.05) is 18.2 Å². The fourth-order valence-corrected chi connectivity index (χ4v) is 3.87. The van der Waals surface area contributed by atoms with E-state index in [1.165, 1.54) is 23.1 Å². The van der Waals surface area contributed by atoms with Crippen LogP contribution in [0, 0.1) is 0 Å². The van der Waals surface area contributed by atoms with E-state index in [0.717, 1.165) is 25.7 Å². The average Bonchev–Trinajstić information content (AvgIpc) is 2.71. The lowest BCUT2D eigenvalue weighted by Crippen LogP contribution is -2.42. The lowest BCUT2D eigenvalue weighted by molar-refractivity contribution is -0.142. The highest BCUT2D eigenvalue weighted by atomic mass is 32.2. The molecule has 1 saturated carbocycles. The van der Waals surface area contributed by atoms with Crippen molar-refractivity contribution in [3.63, 3.8) is 0 Å². The molecule has 0 spiro atoms. The Balaban J connectivity index is 1.92. The summed E-state index contributed by atoms with van der Waals surface area (Å²) >= 11 is 1.18. The third-order valence-electron chi connectivity index (χ3n) is 3.88. The molecule has 0 radical (unpaired) electrons. The van der Waals surface area contributed by atoms with Crippen LogP contribution in [0.1, 0.15) is 38.5 Å². The molecule has 2 rings (SSSR count). The number of carbonyl (C=O) groups excluding carboxylic acids is 2. The largest absolute Gasteiger partial charge is 0.480 e. The Hall–Kier alpha value is -1.08. The van der Waals surface area contributed by atoms with E-state index < -0.39 is 17.3 Å². The molecule has 2 unspecified atom stereocenters. The monoisotopic (exact) mass is 300 g/mol. The Bertz CT molecular complexity index is 409. The van der Waals surface area contributed by atoms with E-state index in [2.05, 4.69) is 0 Å². The van der Waals surface area contributed by atoms with Crippen molar-refractivity contribution < 1.29 is 19.5 Å². The molecule has 1 aliphatic heterocycles. The summed E-state index contributed by atoms with van der Waals surface area (Å²) in [4.78, 5) is 36.4. The summed E-state index contributed by atoms with van der Waals surface area (Å²) in [6.07, 6.45) is 5.24. The van der Waals surface area contributed by atoms with Gasteiger partial charge < -0.3 is 10.8 Å². The summed E-state index contributed by atoms with van der Waals surface area (Å²) in [5.74, 6) is -1.22. The molecule has 20 heavy (non-hydrogen) atoms. The normalized spacial score (nSPS) is 26.1. The molecule has 2 atom stereocenters. The van der Waals surface area contributed by atoms with Gasteiger partial charge in [0.25, 0.3) is 0 Å². The Labute approximate surface area is 122 Å². The van der Waals surface area contributed by atoms with Gasteiger partial charge in [0.05, 0.1) is 5.25 Å². The second-order valence-electron chi connectivity index (χ2n) is 5.36. The fourth-order valence-electron chi connectivity index (χ4n) is 2.77. The first kappa shape index (κ1) is 15.3. The van der Waals surface area contributed by atoms with Crippen molar-refractivity contribution in [2.45, 2.75) is 55.9 Å². The van der Waals surface area contributed by atoms with Crippen LogP contribution in [0.2, 0.25) is 0 Å². The molecule has 2 amide bonds. The first-order chi connectivity index (χ1) is 9.50. The second-order valence-corrected chi connectivity index (χ2v) is 6.60. The van der Waals surface area contributed by atoms with Crippen LogP contribution < -0.4 is 5.73 Å². The smallest absolute Gasteiger partial charge is 0.321 e. The van der Waals surface area contributed by atoms with Crippen LogP contribution in [0.15, 0.2) is 0 Å². The molecular formula is C13H20N2O4S. The van der Waals surface area contributed by atoms with Crippen molar-refractivity contribution in [3.05, 3.63) is 0 Å². The number of nitrogens with two attached hydrogens (primary N) is 1. The van der Waals surface area contributed by atoms with Crippen molar-refractivity contribution in [1.29, 1.82) is 0 Å². The van der Waals surface area contributed by atoms with Gasteiger partial charge in [-0.2, -0.15) is 0 Å². The van der Waals surface area contributed by atoms with Crippen LogP contribution in [-0.4, -0.2) is 50.9 Å².